The fraction of sp³-hybridized carbons (Fsp3) is 0.344. The Morgan fingerprint density at radius 1 is 0.814 bits per heavy atom. The summed E-state index contributed by atoms with van der Waals surface area (Å²) in [6.07, 6.45) is 1.28. The number of rotatable bonds is 7. The first kappa shape index (κ1) is 27.5. The normalized spacial score (nSPS) is 24.6. The third kappa shape index (κ3) is 3.65. The van der Waals surface area contributed by atoms with E-state index in [0.29, 0.717) is 42.7 Å². The third-order valence-corrected chi connectivity index (χ3v) is 8.56. The van der Waals surface area contributed by atoms with E-state index in [2.05, 4.69) is 0 Å². The molecule has 3 aromatic carbocycles. The highest BCUT2D eigenvalue weighted by atomic mass is 17.2. The number of ether oxygens (including phenoxy) is 6. The van der Waals surface area contributed by atoms with Gasteiger partial charge in [0.15, 0.2) is 11.6 Å². The monoisotopic (exact) mass is 588 g/mol. The maximum absolute atomic E-state index is 14.4. The fourth-order valence-electron chi connectivity index (χ4n) is 6.82. The Morgan fingerprint density at radius 3 is 2.30 bits per heavy atom. The molecule has 3 atom stereocenters. The SMILES string of the molecule is COOCCC1CCC2(O1)OC1(OC(=O)c3c(OC)cc4c(c31)C(=O)c1c(OC)cccc1C4=O)c1c(OC)cccc12. The maximum Gasteiger partial charge on any atom is 0.345 e. The molecule has 222 valence electrons. The first-order valence-corrected chi connectivity index (χ1v) is 13.8. The zero-order chi connectivity index (χ0) is 30.1. The Balaban J connectivity index is 1.49. The fourth-order valence-corrected chi connectivity index (χ4v) is 6.82. The third-order valence-electron chi connectivity index (χ3n) is 8.56. The van der Waals surface area contributed by atoms with Crippen LogP contribution in [0.1, 0.15) is 78.2 Å². The van der Waals surface area contributed by atoms with Crippen LogP contribution in [0.5, 0.6) is 17.2 Å². The topological polar surface area (TPSA) is 125 Å². The van der Waals surface area contributed by atoms with E-state index < -0.39 is 29.1 Å². The van der Waals surface area contributed by atoms with E-state index >= 15 is 0 Å². The van der Waals surface area contributed by atoms with Crippen molar-refractivity contribution in [1.29, 1.82) is 0 Å². The van der Waals surface area contributed by atoms with Crippen LogP contribution in [-0.4, -0.2) is 58.7 Å². The highest BCUT2D eigenvalue weighted by Gasteiger charge is 2.67. The molecule has 3 aromatic rings. The van der Waals surface area contributed by atoms with Gasteiger partial charge in [0.2, 0.25) is 5.79 Å². The lowest BCUT2D eigenvalue weighted by molar-refractivity contribution is -0.318. The zero-order valence-electron chi connectivity index (χ0n) is 23.9. The standard InChI is InChI=1S/C32H28O11/c1-36-20-9-5-7-17-23(20)29(34)24-18(28(17)33)15-22(38-3)25-27(24)32(42-30(25)35)26-19(8-6-10-21(26)37-2)31(43-32)13-11-16(41-31)12-14-40-39-4/h5-10,15-16H,11-14H2,1-4H3. The maximum atomic E-state index is 14.4. The summed E-state index contributed by atoms with van der Waals surface area (Å²) in [6.45, 7) is 0.299. The number of hydrogen-bond acceptors (Lipinski definition) is 11. The van der Waals surface area contributed by atoms with Gasteiger partial charge in [0.05, 0.1) is 57.8 Å². The molecule has 11 nitrogen and oxygen atoms in total. The van der Waals surface area contributed by atoms with Gasteiger partial charge in [-0.2, -0.15) is 0 Å². The van der Waals surface area contributed by atoms with Crippen LogP contribution in [0.4, 0.5) is 0 Å². The lowest BCUT2D eigenvalue weighted by Gasteiger charge is -2.32. The van der Waals surface area contributed by atoms with Crippen LogP contribution in [0.15, 0.2) is 42.5 Å². The van der Waals surface area contributed by atoms with E-state index in [4.69, 9.17) is 38.2 Å². The lowest BCUT2D eigenvalue weighted by atomic mass is 9.77. The summed E-state index contributed by atoms with van der Waals surface area (Å²) >= 11 is 0. The molecule has 1 saturated heterocycles. The zero-order valence-corrected chi connectivity index (χ0v) is 23.9. The average Bonchev–Trinajstić information content (AvgIpc) is 3.66. The predicted octanol–water partition coefficient (Wildman–Crippen LogP) is 4.19. The number of hydrogen-bond donors (Lipinski definition) is 0. The quantitative estimate of drug-likeness (QED) is 0.134. The molecule has 1 fully saturated rings. The number of esters is 1. The first-order chi connectivity index (χ1) is 20.8. The van der Waals surface area contributed by atoms with E-state index in [0.717, 1.165) is 0 Å². The molecule has 3 heterocycles. The molecular weight excluding hydrogens is 560 g/mol. The molecule has 7 rings (SSSR count). The Kier molecular flexibility index (Phi) is 6.33. The largest absolute Gasteiger partial charge is 0.496 e. The van der Waals surface area contributed by atoms with Gasteiger partial charge in [0.1, 0.15) is 22.8 Å². The molecule has 3 aliphatic heterocycles. The van der Waals surface area contributed by atoms with Gasteiger partial charge in [-0.1, -0.05) is 24.3 Å². The van der Waals surface area contributed by atoms with Crippen molar-refractivity contribution in [2.45, 2.75) is 36.9 Å². The summed E-state index contributed by atoms with van der Waals surface area (Å²) in [6, 6.07) is 11.6. The van der Waals surface area contributed by atoms with Crippen molar-refractivity contribution in [1.82, 2.24) is 0 Å². The van der Waals surface area contributed by atoms with E-state index in [9.17, 15) is 14.4 Å². The van der Waals surface area contributed by atoms with Gasteiger partial charge in [-0.25, -0.2) is 14.6 Å². The second-order valence-electron chi connectivity index (χ2n) is 10.6. The molecule has 0 N–H and O–H groups in total. The summed E-state index contributed by atoms with van der Waals surface area (Å²) < 4.78 is 36.4. The van der Waals surface area contributed by atoms with Crippen LogP contribution in [0.25, 0.3) is 0 Å². The van der Waals surface area contributed by atoms with Crippen molar-refractivity contribution in [2.75, 3.05) is 35.0 Å². The Labute approximate surface area is 246 Å². The van der Waals surface area contributed by atoms with Gasteiger partial charge in [0.25, 0.3) is 5.79 Å². The van der Waals surface area contributed by atoms with Crippen LogP contribution < -0.4 is 14.2 Å². The minimum Gasteiger partial charge on any atom is -0.496 e. The summed E-state index contributed by atoms with van der Waals surface area (Å²) in [7, 11) is 5.73. The van der Waals surface area contributed by atoms with Gasteiger partial charge in [-0.3, -0.25) is 14.3 Å². The van der Waals surface area contributed by atoms with Crippen molar-refractivity contribution in [3.05, 3.63) is 87.0 Å². The van der Waals surface area contributed by atoms with Crippen molar-refractivity contribution >= 4 is 17.5 Å². The van der Waals surface area contributed by atoms with Gasteiger partial charge in [0, 0.05) is 35.1 Å². The number of benzene rings is 3. The molecule has 0 saturated carbocycles. The molecule has 0 amide bonds. The minimum atomic E-state index is -1.99. The smallest absolute Gasteiger partial charge is 0.345 e. The molecule has 2 spiro atoms. The number of ketones is 2. The molecular formula is C32H28O11. The molecule has 0 radical (unpaired) electrons. The van der Waals surface area contributed by atoms with Crippen LogP contribution in [-0.2, 0) is 35.6 Å². The summed E-state index contributed by atoms with van der Waals surface area (Å²) in [5.41, 5.74) is 1.32. The summed E-state index contributed by atoms with van der Waals surface area (Å²) in [5, 5.41) is 0. The number of carbonyl (C=O) groups is 3. The number of methoxy groups -OCH3 is 3. The second kappa shape index (κ2) is 9.88. The van der Waals surface area contributed by atoms with Crippen LogP contribution in [0.2, 0.25) is 0 Å². The van der Waals surface area contributed by atoms with Crippen LogP contribution in [0, 0.1) is 0 Å². The van der Waals surface area contributed by atoms with E-state index in [1.165, 1.54) is 34.5 Å². The average molecular weight is 589 g/mol. The van der Waals surface area contributed by atoms with E-state index in [1.54, 1.807) is 30.3 Å². The second-order valence-corrected chi connectivity index (χ2v) is 10.6. The Bertz CT molecular complexity index is 1710. The Morgan fingerprint density at radius 2 is 1.56 bits per heavy atom. The van der Waals surface area contributed by atoms with Crippen molar-refractivity contribution in [2.24, 2.45) is 0 Å². The first-order valence-electron chi connectivity index (χ1n) is 13.8. The Hall–Kier alpha value is -4.29. The molecule has 4 aliphatic rings. The predicted molar refractivity (Wildman–Crippen MR) is 146 cm³/mol. The van der Waals surface area contributed by atoms with Crippen molar-refractivity contribution in [3.8, 4) is 17.2 Å². The van der Waals surface area contributed by atoms with E-state index in [-0.39, 0.29) is 51.0 Å². The number of fused-ring (bicyclic) bond motifs is 8. The van der Waals surface area contributed by atoms with Gasteiger partial charge >= 0.3 is 5.97 Å². The van der Waals surface area contributed by atoms with E-state index in [1.807, 2.05) is 6.07 Å². The lowest BCUT2D eigenvalue weighted by Crippen LogP contribution is -2.36. The van der Waals surface area contributed by atoms with Gasteiger partial charge in [-0.15, -0.1) is 0 Å². The van der Waals surface area contributed by atoms with Crippen molar-refractivity contribution < 1.29 is 52.6 Å². The molecule has 11 heteroatoms. The minimum absolute atomic E-state index is 0.0160. The van der Waals surface area contributed by atoms with Crippen molar-refractivity contribution in [3.63, 3.8) is 0 Å². The summed E-state index contributed by atoms with van der Waals surface area (Å²) in [5.74, 6) is -4.40. The van der Waals surface area contributed by atoms with Gasteiger partial charge in [-0.05, 0) is 24.6 Å². The highest BCUT2D eigenvalue weighted by molar-refractivity contribution is 6.31. The van der Waals surface area contributed by atoms with Crippen LogP contribution >= 0.6 is 0 Å². The van der Waals surface area contributed by atoms with Gasteiger partial charge < -0.3 is 23.7 Å². The molecule has 0 aromatic heterocycles. The molecule has 1 aliphatic carbocycles. The summed E-state index contributed by atoms with van der Waals surface area (Å²) in [4.78, 5) is 52.0. The molecule has 0 bridgehead atoms. The molecule has 3 unspecified atom stereocenters. The highest BCUT2D eigenvalue weighted by Crippen LogP contribution is 2.63. The van der Waals surface area contributed by atoms with Crippen LogP contribution in [0.3, 0.4) is 0 Å². The number of carbonyl (C=O) groups excluding carboxylic acids is 3. The molecule has 43 heavy (non-hydrogen) atoms.